The van der Waals surface area contributed by atoms with Crippen LogP contribution in [-0.4, -0.2) is 44.9 Å². The zero-order valence-corrected chi connectivity index (χ0v) is 20.7. The van der Waals surface area contributed by atoms with Crippen LogP contribution in [0.2, 0.25) is 0 Å². The van der Waals surface area contributed by atoms with Crippen molar-refractivity contribution in [3.63, 3.8) is 0 Å². The third kappa shape index (κ3) is 5.03. The van der Waals surface area contributed by atoms with Gasteiger partial charge in [0.05, 0.1) is 23.0 Å². The molecule has 1 aromatic rings. The molecule has 4 aliphatic carbocycles. The zero-order valence-electron chi connectivity index (χ0n) is 20.7. The summed E-state index contributed by atoms with van der Waals surface area (Å²) >= 11 is 0. The van der Waals surface area contributed by atoms with Crippen LogP contribution in [0.5, 0.6) is 0 Å². The Morgan fingerprint density at radius 1 is 1.27 bits per heavy atom. The number of rotatable bonds is 8. The maximum atomic E-state index is 13.5. The topological polar surface area (TPSA) is 96.2 Å². The lowest BCUT2D eigenvalue weighted by atomic mass is 9.48. The van der Waals surface area contributed by atoms with Gasteiger partial charge in [0.25, 0.3) is 5.91 Å². The molecule has 33 heavy (non-hydrogen) atoms. The molecular weight excluding hydrogens is 416 g/mol. The molecule has 0 radical (unpaired) electrons. The Labute approximate surface area is 197 Å². The Kier molecular flexibility index (Phi) is 6.47. The molecule has 4 bridgehead atoms. The average molecular weight is 457 g/mol. The number of hydrogen-bond donors (Lipinski definition) is 3. The molecule has 0 saturated heterocycles. The van der Waals surface area contributed by atoms with Gasteiger partial charge in [0.15, 0.2) is 0 Å². The SMILES string of the molecule is CC(=O)NC(C)(C)/C=C/n1ncc(C(=O)N[C@H]2C3CC4CC2C[C@](CO)(C4)C3)c1CC(C)C. The molecule has 4 fully saturated rings. The standard InChI is InChI=1S/C26H40N4O3/c1-16(2)8-22-21(14-27-30(22)7-6-25(4,5)29-17(3)32)24(33)28-23-19-9-18-10-20(23)13-26(11-18,12-19)15-31/h6-7,14,16,18-20,23,31H,8-13,15H2,1-5H3,(H,28,33)(H,29,32)/b7-6+/t18?,19?,20?,23-,26-. The molecule has 3 N–H and O–H groups in total. The van der Waals surface area contributed by atoms with Gasteiger partial charge in [0, 0.05) is 25.8 Å². The van der Waals surface area contributed by atoms with E-state index in [9.17, 15) is 14.7 Å². The molecule has 182 valence electrons. The summed E-state index contributed by atoms with van der Waals surface area (Å²) in [5.74, 6) is 1.88. The van der Waals surface area contributed by atoms with E-state index in [0.29, 0.717) is 29.2 Å². The Balaban J connectivity index is 1.53. The summed E-state index contributed by atoms with van der Waals surface area (Å²) in [7, 11) is 0. The van der Waals surface area contributed by atoms with Gasteiger partial charge in [0.1, 0.15) is 0 Å². The summed E-state index contributed by atoms with van der Waals surface area (Å²) < 4.78 is 1.77. The zero-order chi connectivity index (χ0) is 24.0. The van der Waals surface area contributed by atoms with E-state index in [1.807, 2.05) is 26.1 Å². The van der Waals surface area contributed by atoms with E-state index in [1.54, 1.807) is 10.9 Å². The molecule has 4 aliphatic rings. The number of hydrogen-bond acceptors (Lipinski definition) is 4. The summed E-state index contributed by atoms with van der Waals surface area (Å²) in [6.07, 6.45) is 11.7. The first-order chi connectivity index (χ1) is 15.5. The number of aliphatic hydroxyl groups is 1. The van der Waals surface area contributed by atoms with Crippen molar-refractivity contribution in [2.24, 2.45) is 29.1 Å². The van der Waals surface area contributed by atoms with Gasteiger partial charge in [-0.3, -0.25) is 9.59 Å². The molecule has 2 amide bonds. The predicted octanol–water partition coefficient (Wildman–Crippen LogP) is 3.38. The highest BCUT2D eigenvalue weighted by molar-refractivity contribution is 5.95. The van der Waals surface area contributed by atoms with Crippen molar-refractivity contribution in [2.75, 3.05) is 6.61 Å². The monoisotopic (exact) mass is 456 g/mol. The Bertz CT molecular complexity index is 916. The summed E-state index contributed by atoms with van der Waals surface area (Å²) in [4.78, 5) is 24.9. The van der Waals surface area contributed by atoms with E-state index >= 15 is 0 Å². The highest BCUT2D eigenvalue weighted by Gasteiger charge is 2.55. The van der Waals surface area contributed by atoms with E-state index in [-0.39, 0.29) is 29.9 Å². The highest BCUT2D eigenvalue weighted by Crippen LogP contribution is 2.59. The van der Waals surface area contributed by atoms with Crippen molar-refractivity contribution in [3.05, 3.63) is 23.5 Å². The van der Waals surface area contributed by atoms with Gasteiger partial charge < -0.3 is 15.7 Å². The number of carbonyl (C=O) groups excluding carboxylic acids is 2. The van der Waals surface area contributed by atoms with Crippen LogP contribution in [0.25, 0.3) is 6.20 Å². The van der Waals surface area contributed by atoms with Gasteiger partial charge in [-0.2, -0.15) is 5.10 Å². The molecule has 5 rings (SSSR count). The first-order valence-electron chi connectivity index (χ1n) is 12.5. The minimum atomic E-state index is -0.516. The first-order valence-corrected chi connectivity index (χ1v) is 12.5. The molecule has 0 aliphatic heterocycles. The lowest BCUT2D eigenvalue weighted by molar-refractivity contribution is -0.120. The average Bonchev–Trinajstić information content (AvgIpc) is 3.09. The van der Waals surface area contributed by atoms with Gasteiger partial charge >= 0.3 is 0 Å². The summed E-state index contributed by atoms with van der Waals surface area (Å²) in [6.45, 7) is 9.91. The molecule has 0 spiro atoms. The fraction of sp³-hybridized carbons (Fsp3) is 0.731. The summed E-state index contributed by atoms with van der Waals surface area (Å²) in [6, 6.07) is 0.193. The molecule has 4 saturated carbocycles. The van der Waals surface area contributed by atoms with Crippen LogP contribution in [0.1, 0.15) is 82.8 Å². The highest BCUT2D eigenvalue weighted by atomic mass is 16.3. The van der Waals surface area contributed by atoms with Crippen molar-refractivity contribution in [2.45, 2.75) is 84.7 Å². The molecule has 7 nitrogen and oxygen atoms in total. The van der Waals surface area contributed by atoms with Crippen LogP contribution in [-0.2, 0) is 11.2 Å². The maximum absolute atomic E-state index is 13.5. The minimum absolute atomic E-state index is 0.0399. The van der Waals surface area contributed by atoms with Crippen molar-refractivity contribution < 1.29 is 14.7 Å². The minimum Gasteiger partial charge on any atom is -0.396 e. The fourth-order valence-corrected chi connectivity index (χ4v) is 6.90. The van der Waals surface area contributed by atoms with Gasteiger partial charge in [-0.25, -0.2) is 4.68 Å². The van der Waals surface area contributed by atoms with E-state index in [4.69, 9.17) is 0 Å². The molecule has 1 heterocycles. The molecule has 2 unspecified atom stereocenters. The van der Waals surface area contributed by atoms with Gasteiger partial charge in [0.2, 0.25) is 5.91 Å². The van der Waals surface area contributed by atoms with E-state index < -0.39 is 5.54 Å². The molecule has 1 aromatic heterocycles. The van der Waals surface area contributed by atoms with E-state index in [2.05, 4.69) is 29.6 Å². The van der Waals surface area contributed by atoms with Crippen LogP contribution in [0.15, 0.2) is 12.3 Å². The smallest absolute Gasteiger partial charge is 0.255 e. The number of carbonyl (C=O) groups is 2. The maximum Gasteiger partial charge on any atom is 0.255 e. The Morgan fingerprint density at radius 2 is 1.94 bits per heavy atom. The molecule has 2 atom stereocenters. The molecule has 0 aromatic carbocycles. The number of aliphatic hydroxyl groups excluding tert-OH is 1. The van der Waals surface area contributed by atoms with Crippen molar-refractivity contribution in [1.29, 1.82) is 0 Å². The first kappa shape index (κ1) is 24.0. The lowest BCUT2D eigenvalue weighted by Crippen LogP contribution is -2.60. The van der Waals surface area contributed by atoms with Gasteiger partial charge in [-0.05, 0) is 87.5 Å². The number of nitrogens with zero attached hydrogens (tertiary/aromatic N) is 2. The number of aromatic nitrogens is 2. The Hall–Kier alpha value is -2.15. The normalized spacial score (nSPS) is 30.9. The van der Waals surface area contributed by atoms with Crippen molar-refractivity contribution >= 4 is 18.0 Å². The second-order valence-corrected chi connectivity index (χ2v) is 11.9. The number of amides is 2. The third-order valence-electron chi connectivity index (χ3n) is 7.91. The van der Waals surface area contributed by atoms with Crippen molar-refractivity contribution in [1.82, 2.24) is 20.4 Å². The second kappa shape index (κ2) is 8.90. The lowest BCUT2D eigenvalue weighted by Gasteiger charge is -2.59. The van der Waals surface area contributed by atoms with Crippen LogP contribution in [0, 0.1) is 29.1 Å². The van der Waals surface area contributed by atoms with Crippen molar-refractivity contribution in [3.8, 4) is 0 Å². The largest absolute Gasteiger partial charge is 0.396 e. The predicted molar refractivity (Wildman–Crippen MR) is 128 cm³/mol. The van der Waals surface area contributed by atoms with E-state index in [0.717, 1.165) is 31.4 Å². The van der Waals surface area contributed by atoms with Gasteiger partial charge in [-0.15, -0.1) is 0 Å². The quantitative estimate of drug-likeness (QED) is 0.559. The van der Waals surface area contributed by atoms with Gasteiger partial charge in [-0.1, -0.05) is 13.8 Å². The van der Waals surface area contributed by atoms with Crippen LogP contribution < -0.4 is 10.6 Å². The number of nitrogens with one attached hydrogen (secondary N) is 2. The summed E-state index contributed by atoms with van der Waals surface area (Å²) in [5, 5.41) is 20.8. The molecular formula is C26H40N4O3. The molecule has 7 heteroatoms. The van der Waals surface area contributed by atoms with E-state index in [1.165, 1.54) is 19.8 Å². The van der Waals surface area contributed by atoms with Crippen LogP contribution in [0.4, 0.5) is 0 Å². The summed E-state index contributed by atoms with van der Waals surface area (Å²) in [5.41, 5.74) is 1.11. The Morgan fingerprint density at radius 3 is 2.52 bits per heavy atom. The van der Waals surface area contributed by atoms with Crippen LogP contribution in [0.3, 0.4) is 0 Å². The third-order valence-corrected chi connectivity index (χ3v) is 7.91. The fourth-order valence-electron chi connectivity index (χ4n) is 6.90. The second-order valence-electron chi connectivity index (χ2n) is 11.9. The van der Waals surface area contributed by atoms with Crippen LogP contribution >= 0.6 is 0 Å².